The van der Waals surface area contributed by atoms with Gasteiger partial charge in [0.1, 0.15) is 6.04 Å². The van der Waals surface area contributed by atoms with Crippen LogP contribution in [0.1, 0.15) is 13.3 Å². The van der Waals surface area contributed by atoms with E-state index in [1.165, 1.54) is 4.90 Å². The van der Waals surface area contributed by atoms with E-state index in [-0.39, 0.29) is 18.6 Å². The summed E-state index contributed by atoms with van der Waals surface area (Å²) in [6.07, 6.45) is 0.570. The molecule has 1 fully saturated rings. The molecule has 1 amide bonds. The van der Waals surface area contributed by atoms with Gasteiger partial charge < -0.3 is 10.4 Å². The highest BCUT2D eigenvalue weighted by Crippen LogP contribution is 2.06. The molecule has 0 aromatic rings. The number of carbonyl (C=O) groups is 1. The van der Waals surface area contributed by atoms with Gasteiger partial charge in [-0.15, -0.1) is 0 Å². The Morgan fingerprint density at radius 1 is 1.75 bits per heavy atom. The van der Waals surface area contributed by atoms with Gasteiger partial charge in [-0.05, 0) is 25.6 Å². The lowest BCUT2D eigenvalue weighted by atomic mass is 10.3. The monoisotopic (exact) mass is 188 g/mol. The quantitative estimate of drug-likeness (QED) is 0.585. The summed E-state index contributed by atoms with van der Waals surface area (Å²) in [6, 6.07) is -0.212. The van der Waals surface area contributed by atoms with E-state index in [1.54, 1.807) is 6.92 Å². The molecular formula is C7H12N2O2S. The number of hydrogen-bond acceptors (Lipinski definition) is 3. The Labute approximate surface area is 76.5 Å². The predicted octanol–water partition coefficient (Wildman–Crippen LogP) is -0.526. The summed E-state index contributed by atoms with van der Waals surface area (Å²) in [5.41, 5.74) is 0. The first-order chi connectivity index (χ1) is 5.66. The summed E-state index contributed by atoms with van der Waals surface area (Å²) < 4.78 is 0. The van der Waals surface area contributed by atoms with Gasteiger partial charge in [0.25, 0.3) is 5.91 Å². The Kier molecular flexibility index (Phi) is 2.99. The molecule has 5 heteroatoms. The number of hydrogen-bond donors (Lipinski definition) is 2. The fourth-order valence-corrected chi connectivity index (χ4v) is 1.46. The van der Waals surface area contributed by atoms with Gasteiger partial charge >= 0.3 is 0 Å². The SMILES string of the molecule is CC1NC(=S)N(CCCO)C1=O. The average molecular weight is 188 g/mol. The molecule has 4 nitrogen and oxygen atoms in total. The third kappa shape index (κ3) is 1.73. The molecule has 0 aliphatic carbocycles. The molecule has 0 radical (unpaired) electrons. The lowest BCUT2D eigenvalue weighted by Gasteiger charge is -2.12. The highest BCUT2D eigenvalue weighted by atomic mass is 32.1. The van der Waals surface area contributed by atoms with E-state index in [1.807, 2.05) is 0 Å². The number of aliphatic hydroxyl groups is 1. The largest absolute Gasteiger partial charge is 0.396 e. The van der Waals surface area contributed by atoms with Crippen molar-refractivity contribution in [2.75, 3.05) is 13.2 Å². The zero-order valence-electron chi connectivity index (χ0n) is 6.91. The normalized spacial score (nSPS) is 23.2. The number of thiocarbonyl (C=S) groups is 1. The first-order valence-corrected chi connectivity index (χ1v) is 4.30. The van der Waals surface area contributed by atoms with Gasteiger partial charge in [-0.25, -0.2) is 0 Å². The van der Waals surface area contributed by atoms with Gasteiger partial charge in [-0.3, -0.25) is 9.69 Å². The number of nitrogens with one attached hydrogen (secondary N) is 1. The van der Waals surface area contributed by atoms with E-state index < -0.39 is 0 Å². The van der Waals surface area contributed by atoms with Crippen molar-refractivity contribution in [3.05, 3.63) is 0 Å². The molecule has 1 rings (SSSR count). The molecule has 12 heavy (non-hydrogen) atoms. The summed E-state index contributed by atoms with van der Waals surface area (Å²) >= 11 is 4.92. The molecule has 1 heterocycles. The van der Waals surface area contributed by atoms with Gasteiger partial charge in [0.05, 0.1) is 0 Å². The Hall–Kier alpha value is -0.680. The molecule has 1 atom stereocenters. The van der Waals surface area contributed by atoms with Crippen molar-refractivity contribution >= 4 is 23.2 Å². The number of carbonyl (C=O) groups excluding carboxylic acids is 1. The Morgan fingerprint density at radius 2 is 2.42 bits per heavy atom. The van der Waals surface area contributed by atoms with Crippen LogP contribution in [0.25, 0.3) is 0 Å². The third-order valence-electron chi connectivity index (χ3n) is 1.76. The standard InChI is InChI=1S/C7H12N2O2S/c1-5-6(11)9(3-2-4-10)7(12)8-5/h5,10H,2-4H2,1H3,(H,8,12). The molecular weight excluding hydrogens is 176 g/mol. The molecule has 1 unspecified atom stereocenters. The number of nitrogens with zero attached hydrogens (tertiary/aromatic N) is 1. The Bertz CT molecular complexity index is 208. The average Bonchev–Trinajstić information content (AvgIpc) is 2.25. The first-order valence-electron chi connectivity index (χ1n) is 3.89. The number of aliphatic hydroxyl groups excluding tert-OH is 1. The van der Waals surface area contributed by atoms with Crippen LogP contribution in [-0.2, 0) is 4.79 Å². The first kappa shape index (κ1) is 9.41. The summed E-state index contributed by atoms with van der Waals surface area (Å²) in [5, 5.41) is 11.9. The fraction of sp³-hybridized carbons (Fsp3) is 0.714. The molecule has 0 aromatic heterocycles. The summed E-state index contributed by atoms with van der Waals surface area (Å²) in [6.45, 7) is 2.36. The lowest BCUT2D eigenvalue weighted by Crippen LogP contribution is -2.32. The van der Waals surface area contributed by atoms with Crippen molar-refractivity contribution in [1.82, 2.24) is 10.2 Å². The van der Waals surface area contributed by atoms with Crippen molar-refractivity contribution < 1.29 is 9.90 Å². The van der Waals surface area contributed by atoms with Gasteiger partial charge in [0, 0.05) is 13.2 Å². The third-order valence-corrected chi connectivity index (χ3v) is 2.10. The summed E-state index contributed by atoms with van der Waals surface area (Å²) in [7, 11) is 0. The van der Waals surface area contributed by atoms with Crippen LogP contribution < -0.4 is 5.32 Å². The van der Waals surface area contributed by atoms with E-state index in [0.29, 0.717) is 18.1 Å². The number of rotatable bonds is 3. The second kappa shape index (κ2) is 3.82. The van der Waals surface area contributed by atoms with E-state index in [4.69, 9.17) is 17.3 Å². The Balaban J connectivity index is 2.52. The molecule has 1 aliphatic heterocycles. The zero-order chi connectivity index (χ0) is 9.14. The zero-order valence-corrected chi connectivity index (χ0v) is 7.73. The minimum Gasteiger partial charge on any atom is -0.396 e. The van der Waals surface area contributed by atoms with Gasteiger partial charge in [-0.2, -0.15) is 0 Å². The van der Waals surface area contributed by atoms with Crippen LogP contribution in [0, 0.1) is 0 Å². The van der Waals surface area contributed by atoms with Crippen LogP contribution in [0.2, 0.25) is 0 Å². The minimum absolute atomic E-state index is 0.00606. The second-order valence-corrected chi connectivity index (χ2v) is 3.12. The molecule has 2 N–H and O–H groups in total. The molecule has 1 aliphatic rings. The van der Waals surface area contributed by atoms with Gasteiger partial charge in [0.2, 0.25) is 0 Å². The molecule has 0 bridgehead atoms. The molecule has 1 saturated heterocycles. The lowest BCUT2D eigenvalue weighted by molar-refractivity contribution is -0.126. The topological polar surface area (TPSA) is 52.6 Å². The fourth-order valence-electron chi connectivity index (χ4n) is 1.10. The van der Waals surface area contributed by atoms with Crippen LogP contribution >= 0.6 is 12.2 Å². The molecule has 68 valence electrons. The van der Waals surface area contributed by atoms with Gasteiger partial charge in [-0.1, -0.05) is 0 Å². The van der Waals surface area contributed by atoms with E-state index >= 15 is 0 Å². The maximum absolute atomic E-state index is 11.3. The van der Waals surface area contributed by atoms with Crippen molar-refractivity contribution in [3.63, 3.8) is 0 Å². The summed E-state index contributed by atoms with van der Waals surface area (Å²) in [5.74, 6) is -0.00606. The van der Waals surface area contributed by atoms with E-state index in [0.717, 1.165) is 0 Å². The second-order valence-electron chi connectivity index (χ2n) is 2.74. The maximum atomic E-state index is 11.3. The highest BCUT2D eigenvalue weighted by molar-refractivity contribution is 7.80. The van der Waals surface area contributed by atoms with E-state index in [9.17, 15) is 4.79 Å². The van der Waals surface area contributed by atoms with Crippen molar-refractivity contribution in [2.24, 2.45) is 0 Å². The van der Waals surface area contributed by atoms with Crippen LogP contribution in [0.4, 0.5) is 0 Å². The Morgan fingerprint density at radius 3 is 2.83 bits per heavy atom. The van der Waals surface area contributed by atoms with Crippen LogP contribution in [0.3, 0.4) is 0 Å². The van der Waals surface area contributed by atoms with Crippen molar-refractivity contribution in [3.8, 4) is 0 Å². The summed E-state index contributed by atoms with van der Waals surface area (Å²) in [4.78, 5) is 12.8. The predicted molar refractivity (Wildman–Crippen MR) is 48.6 cm³/mol. The number of amides is 1. The highest BCUT2D eigenvalue weighted by Gasteiger charge is 2.31. The smallest absolute Gasteiger partial charge is 0.250 e. The van der Waals surface area contributed by atoms with E-state index in [2.05, 4.69) is 5.32 Å². The van der Waals surface area contributed by atoms with Gasteiger partial charge in [0.15, 0.2) is 5.11 Å². The molecule has 0 spiro atoms. The molecule has 0 aromatic carbocycles. The van der Waals surface area contributed by atoms with Crippen molar-refractivity contribution in [1.29, 1.82) is 0 Å². The van der Waals surface area contributed by atoms with Crippen LogP contribution in [0.15, 0.2) is 0 Å². The molecule has 0 saturated carbocycles. The van der Waals surface area contributed by atoms with Crippen LogP contribution in [0.5, 0.6) is 0 Å². The maximum Gasteiger partial charge on any atom is 0.250 e. The van der Waals surface area contributed by atoms with Crippen molar-refractivity contribution in [2.45, 2.75) is 19.4 Å². The minimum atomic E-state index is -0.212. The van der Waals surface area contributed by atoms with Crippen LogP contribution in [-0.4, -0.2) is 40.2 Å².